The fourth-order valence-electron chi connectivity index (χ4n) is 2.67. The molecule has 0 aliphatic carbocycles. The number of anilines is 3. The van der Waals surface area contributed by atoms with E-state index in [1.807, 2.05) is 0 Å². The van der Waals surface area contributed by atoms with Crippen LogP contribution < -0.4 is 15.8 Å². The topological polar surface area (TPSA) is 99.1 Å². The van der Waals surface area contributed by atoms with Gasteiger partial charge in [-0.3, -0.25) is 0 Å². The predicted molar refractivity (Wildman–Crippen MR) is 108 cm³/mol. The molecule has 2 heterocycles. The van der Waals surface area contributed by atoms with Crippen molar-refractivity contribution in [2.45, 2.75) is 13.1 Å². The molecule has 0 saturated carbocycles. The SMILES string of the molecule is Cc1cc(Oc2ccc(Nc3nc4cc(C(F)(F)F)cc(Br)c4o3)cc2)nc(N)n1. The third-order valence-corrected chi connectivity index (χ3v) is 4.54. The number of hydrogen-bond acceptors (Lipinski definition) is 7. The van der Waals surface area contributed by atoms with Gasteiger partial charge in [0.05, 0.1) is 10.0 Å². The molecule has 3 N–H and O–H groups in total. The molecule has 7 nitrogen and oxygen atoms in total. The van der Waals surface area contributed by atoms with E-state index in [9.17, 15) is 13.2 Å². The van der Waals surface area contributed by atoms with Crippen molar-refractivity contribution in [3.05, 3.63) is 58.2 Å². The van der Waals surface area contributed by atoms with Gasteiger partial charge in [0, 0.05) is 17.4 Å². The van der Waals surface area contributed by atoms with Crippen LogP contribution in [0.15, 0.2) is 51.4 Å². The summed E-state index contributed by atoms with van der Waals surface area (Å²) in [5.41, 5.74) is 6.35. The van der Waals surface area contributed by atoms with Crippen molar-refractivity contribution >= 4 is 44.7 Å². The summed E-state index contributed by atoms with van der Waals surface area (Å²) in [5.74, 6) is 0.928. The number of benzene rings is 2. The van der Waals surface area contributed by atoms with E-state index in [-0.39, 0.29) is 27.5 Å². The molecular formula is C19H13BrF3N5O2. The molecular weight excluding hydrogens is 467 g/mol. The van der Waals surface area contributed by atoms with Crippen LogP contribution in [-0.4, -0.2) is 15.0 Å². The standard InChI is InChI=1S/C19H13BrF3N5O2/c1-9-6-15(28-17(24)25-9)29-12-4-2-11(3-5-12)26-18-27-14-8-10(19(21,22)23)7-13(20)16(14)30-18/h2-8H,1H3,(H,26,27)(H2,24,25,28). The van der Waals surface area contributed by atoms with Gasteiger partial charge in [-0.25, -0.2) is 4.98 Å². The van der Waals surface area contributed by atoms with E-state index < -0.39 is 11.7 Å². The lowest BCUT2D eigenvalue weighted by molar-refractivity contribution is -0.137. The maximum absolute atomic E-state index is 13.0. The second kappa shape index (κ2) is 7.48. The molecule has 0 radical (unpaired) electrons. The fourth-order valence-corrected chi connectivity index (χ4v) is 3.20. The van der Waals surface area contributed by atoms with Crippen molar-refractivity contribution in [3.63, 3.8) is 0 Å². The first kappa shape index (κ1) is 20.0. The zero-order valence-corrected chi connectivity index (χ0v) is 16.9. The third-order valence-electron chi connectivity index (χ3n) is 3.95. The Morgan fingerprint density at radius 3 is 2.47 bits per heavy atom. The molecule has 0 bridgehead atoms. The van der Waals surface area contributed by atoms with E-state index in [1.54, 1.807) is 37.3 Å². The number of fused-ring (bicyclic) bond motifs is 1. The number of nitrogens with one attached hydrogen (secondary N) is 1. The van der Waals surface area contributed by atoms with Gasteiger partial charge in [0.1, 0.15) is 11.3 Å². The largest absolute Gasteiger partial charge is 0.439 e. The lowest BCUT2D eigenvalue weighted by Crippen LogP contribution is -2.04. The van der Waals surface area contributed by atoms with Gasteiger partial charge < -0.3 is 20.2 Å². The number of nitrogens with zero attached hydrogens (tertiary/aromatic N) is 3. The molecule has 0 fully saturated rings. The normalized spacial score (nSPS) is 11.6. The molecule has 0 amide bonds. The quantitative estimate of drug-likeness (QED) is 0.380. The van der Waals surface area contributed by atoms with E-state index in [0.717, 1.165) is 12.1 Å². The first-order chi connectivity index (χ1) is 14.2. The number of ether oxygens (including phenoxy) is 1. The third kappa shape index (κ3) is 4.30. The van der Waals surface area contributed by atoms with Crippen LogP contribution in [0.5, 0.6) is 11.6 Å². The molecule has 4 rings (SSSR count). The minimum atomic E-state index is -4.48. The Hall–Kier alpha value is -3.34. The minimum Gasteiger partial charge on any atom is -0.439 e. The van der Waals surface area contributed by atoms with Gasteiger partial charge in [-0.15, -0.1) is 0 Å². The van der Waals surface area contributed by atoms with Gasteiger partial charge >= 0.3 is 6.18 Å². The van der Waals surface area contributed by atoms with Crippen molar-refractivity contribution in [1.82, 2.24) is 15.0 Å². The van der Waals surface area contributed by atoms with Gasteiger partial charge in [0.25, 0.3) is 6.01 Å². The predicted octanol–water partition coefficient (Wildman–Crippen LogP) is 5.83. The smallest absolute Gasteiger partial charge is 0.416 e. The average molecular weight is 480 g/mol. The van der Waals surface area contributed by atoms with Crippen LogP contribution >= 0.6 is 15.9 Å². The highest BCUT2D eigenvalue weighted by Gasteiger charge is 2.32. The molecule has 0 unspecified atom stereocenters. The highest BCUT2D eigenvalue weighted by molar-refractivity contribution is 9.10. The Bertz CT molecular complexity index is 1210. The number of aromatic nitrogens is 3. The number of alkyl halides is 3. The van der Waals surface area contributed by atoms with Gasteiger partial charge in [0.2, 0.25) is 11.8 Å². The summed E-state index contributed by atoms with van der Waals surface area (Å²) in [6.07, 6.45) is -4.48. The maximum atomic E-state index is 13.0. The van der Waals surface area contributed by atoms with Crippen molar-refractivity contribution in [3.8, 4) is 11.6 Å². The number of rotatable bonds is 4. The maximum Gasteiger partial charge on any atom is 0.416 e. The first-order valence-corrected chi connectivity index (χ1v) is 9.30. The summed E-state index contributed by atoms with van der Waals surface area (Å²) in [4.78, 5) is 12.1. The Kier molecular flexibility index (Phi) is 4.98. The fraction of sp³-hybridized carbons (Fsp3) is 0.105. The van der Waals surface area contributed by atoms with Crippen molar-refractivity contribution in [2.75, 3.05) is 11.1 Å². The molecule has 0 saturated heterocycles. The molecule has 0 atom stereocenters. The summed E-state index contributed by atoms with van der Waals surface area (Å²) in [6, 6.07) is 10.3. The zero-order chi connectivity index (χ0) is 21.5. The summed E-state index contributed by atoms with van der Waals surface area (Å²) < 4.78 is 50.2. The highest BCUT2D eigenvalue weighted by atomic mass is 79.9. The van der Waals surface area contributed by atoms with E-state index in [2.05, 4.69) is 36.2 Å². The Balaban J connectivity index is 1.53. The zero-order valence-electron chi connectivity index (χ0n) is 15.3. The second-order valence-electron chi connectivity index (χ2n) is 6.28. The molecule has 4 aromatic rings. The molecule has 30 heavy (non-hydrogen) atoms. The van der Waals surface area contributed by atoms with Crippen LogP contribution in [-0.2, 0) is 6.18 Å². The highest BCUT2D eigenvalue weighted by Crippen LogP contribution is 2.36. The second-order valence-corrected chi connectivity index (χ2v) is 7.13. The van der Waals surface area contributed by atoms with Crippen LogP contribution in [0.1, 0.15) is 11.3 Å². The van der Waals surface area contributed by atoms with Crippen LogP contribution in [0, 0.1) is 6.92 Å². The summed E-state index contributed by atoms with van der Waals surface area (Å²) in [5, 5.41) is 2.91. The molecule has 0 aliphatic heterocycles. The van der Waals surface area contributed by atoms with E-state index >= 15 is 0 Å². The first-order valence-electron chi connectivity index (χ1n) is 8.51. The number of hydrogen-bond donors (Lipinski definition) is 2. The Morgan fingerprint density at radius 1 is 1.07 bits per heavy atom. The Morgan fingerprint density at radius 2 is 1.80 bits per heavy atom. The number of halogens is 4. The molecule has 2 aromatic carbocycles. The average Bonchev–Trinajstić information content (AvgIpc) is 3.05. The molecule has 0 aliphatic rings. The van der Waals surface area contributed by atoms with Crippen molar-refractivity contribution in [1.29, 1.82) is 0 Å². The monoisotopic (exact) mass is 479 g/mol. The van der Waals surface area contributed by atoms with Gasteiger partial charge in [-0.1, -0.05) is 0 Å². The van der Waals surface area contributed by atoms with Gasteiger partial charge in [-0.05, 0) is 59.3 Å². The van der Waals surface area contributed by atoms with Crippen LogP contribution in [0.3, 0.4) is 0 Å². The number of aryl methyl sites for hydroxylation is 1. The van der Waals surface area contributed by atoms with E-state index in [0.29, 0.717) is 23.0 Å². The lowest BCUT2D eigenvalue weighted by Gasteiger charge is -2.07. The molecule has 0 spiro atoms. The summed E-state index contributed by atoms with van der Waals surface area (Å²) >= 11 is 3.09. The summed E-state index contributed by atoms with van der Waals surface area (Å²) in [7, 11) is 0. The molecule has 154 valence electrons. The van der Waals surface area contributed by atoms with Gasteiger partial charge in [0.15, 0.2) is 5.58 Å². The van der Waals surface area contributed by atoms with Crippen LogP contribution in [0.2, 0.25) is 0 Å². The van der Waals surface area contributed by atoms with Gasteiger partial charge in [-0.2, -0.15) is 23.1 Å². The molecule has 2 aromatic heterocycles. The van der Waals surface area contributed by atoms with Crippen molar-refractivity contribution < 1.29 is 22.3 Å². The minimum absolute atomic E-state index is 0.0536. The van der Waals surface area contributed by atoms with E-state index in [1.165, 1.54) is 0 Å². The van der Waals surface area contributed by atoms with E-state index in [4.69, 9.17) is 14.9 Å². The number of nitrogen functional groups attached to an aromatic ring is 1. The number of oxazole rings is 1. The summed E-state index contributed by atoms with van der Waals surface area (Å²) in [6.45, 7) is 1.77. The van der Waals surface area contributed by atoms with Crippen LogP contribution in [0.25, 0.3) is 11.1 Å². The molecule has 11 heteroatoms. The lowest BCUT2D eigenvalue weighted by atomic mass is 10.2. The van der Waals surface area contributed by atoms with Crippen LogP contribution in [0.4, 0.5) is 30.8 Å². The van der Waals surface area contributed by atoms with Crippen molar-refractivity contribution in [2.24, 2.45) is 0 Å². The Labute approximate surface area is 176 Å². The number of nitrogens with two attached hydrogens (primary N) is 1.